The number of hydrogen-bond donors (Lipinski definition) is 1. The Morgan fingerprint density at radius 1 is 1.42 bits per heavy atom. The highest BCUT2D eigenvalue weighted by Gasteiger charge is 2.48. The summed E-state index contributed by atoms with van der Waals surface area (Å²) in [6.45, 7) is 11.2. The molecule has 1 aliphatic heterocycles. The summed E-state index contributed by atoms with van der Waals surface area (Å²) < 4.78 is 0. The summed E-state index contributed by atoms with van der Waals surface area (Å²) in [5.41, 5.74) is 0.273. The SMILES string of the molecule is CCC1NC(CC(C)C)N(C2CCCC2(C)C)C1=O. The van der Waals surface area contributed by atoms with Crippen molar-refractivity contribution in [3.63, 3.8) is 0 Å². The van der Waals surface area contributed by atoms with E-state index in [1.807, 2.05) is 0 Å². The number of nitrogens with zero attached hydrogens (tertiary/aromatic N) is 1. The van der Waals surface area contributed by atoms with Gasteiger partial charge in [-0.1, -0.05) is 41.0 Å². The van der Waals surface area contributed by atoms with Gasteiger partial charge in [0.15, 0.2) is 0 Å². The molecule has 110 valence electrons. The normalized spacial score (nSPS) is 34.5. The minimum atomic E-state index is 0.0418. The molecule has 1 aliphatic carbocycles. The van der Waals surface area contributed by atoms with Gasteiger partial charge in [0.05, 0.1) is 12.2 Å². The molecule has 1 amide bonds. The fraction of sp³-hybridized carbons (Fsp3) is 0.938. The predicted molar refractivity (Wildman–Crippen MR) is 78.7 cm³/mol. The van der Waals surface area contributed by atoms with Gasteiger partial charge in [-0.05, 0) is 37.0 Å². The Kier molecular flexibility index (Phi) is 4.24. The summed E-state index contributed by atoms with van der Waals surface area (Å²) in [7, 11) is 0. The summed E-state index contributed by atoms with van der Waals surface area (Å²) in [5, 5.41) is 3.56. The molecule has 1 saturated heterocycles. The third-order valence-electron chi connectivity index (χ3n) is 4.92. The van der Waals surface area contributed by atoms with E-state index in [4.69, 9.17) is 0 Å². The van der Waals surface area contributed by atoms with E-state index in [-0.39, 0.29) is 17.6 Å². The Morgan fingerprint density at radius 2 is 2.11 bits per heavy atom. The molecule has 2 fully saturated rings. The van der Waals surface area contributed by atoms with E-state index in [1.165, 1.54) is 19.3 Å². The Balaban J connectivity index is 2.20. The van der Waals surface area contributed by atoms with Crippen molar-refractivity contribution in [2.45, 2.75) is 85.0 Å². The standard InChI is InChI=1S/C16H30N2O/c1-6-12-15(19)18(14(17-12)10-11(2)3)13-8-7-9-16(13,4)5/h11-14,17H,6-10H2,1-5H3. The van der Waals surface area contributed by atoms with Crippen molar-refractivity contribution in [1.82, 2.24) is 10.2 Å². The molecule has 3 atom stereocenters. The summed E-state index contributed by atoms with van der Waals surface area (Å²) in [6.07, 6.45) is 5.89. The van der Waals surface area contributed by atoms with Crippen LogP contribution >= 0.6 is 0 Å². The molecule has 0 bridgehead atoms. The topological polar surface area (TPSA) is 32.3 Å². The van der Waals surface area contributed by atoms with Crippen LogP contribution in [0.4, 0.5) is 0 Å². The monoisotopic (exact) mass is 266 g/mol. The maximum Gasteiger partial charge on any atom is 0.241 e. The lowest BCUT2D eigenvalue weighted by Crippen LogP contribution is -2.49. The van der Waals surface area contributed by atoms with Crippen molar-refractivity contribution in [2.24, 2.45) is 11.3 Å². The van der Waals surface area contributed by atoms with Crippen LogP contribution in [-0.2, 0) is 4.79 Å². The lowest BCUT2D eigenvalue weighted by atomic mass is 9.86. The van der Waals surface area contributed by atoms with Gasteiger partial charge < -0.3 is 4.90 Å². The quantitative estimate of drug-likeness (QED) is 0.848. The first-order chi connectivity index (χ1) is 8.86. The number of nitrogens with one attached hydrogen (secondary N) is 1. The number of rotatable bonds is 4. The second-order valence-corrected chi connectivity index (χ2v) is 7.41. The Morgan fingerprint density at radius 3 is 2.58 bits per heavy atom. The molecule has 1 saturated carbocycles. The molecule has 0 aromatic rings. The van der Waals surface area contributed by atoms with Crippen LogP contribution < -0.4 is 5.32 Å². The average molecular weight is 266 g/mol. The zero-order valence-corrected chi connectivity index (χ0v) is 13.2. The highest BCUT2D eigenvalue weighted by atomic mass is 16.2. The zero-order valence-electron chi connectivity index (χ0n) is 13.2. The van der Waals surface area contributed by atoms with Gasteiger partial charge in [0.25, 0.3) is 0 Å². The van der Waals surface area contributed by atoms with Crippen molar-refractivity contribution in [3.8, 4) is 0 Å². The van der Waals surface area contributed by atoms with Crippen LogP contribution in [0.3, 0.4) is 0 Å². The molecule has 2 rings (SSSR count). The van der Waals surface area contributed by atoms with Crippen LogP contribution in [0, 0.1) is 11.3 Å². The molecule has 1 N–H and O–H groups in total. The maximum absolute atomic E-state index is 12.7. The fourth-order valence-corrected chi connectivity index (χ4v) is 3.83. The van der Waals surface area contributed by atoms with Gasteiger partial charge in [0.2, 0.25) is 5.91 Å². The third-order valence-corrected chi connectivity index (χ3v) is 4.92. The number of carbonyl (C=O) groups is 1. The van der Waals surface area contributed by atoms with E-state index < -0.39 is 0 Å². The predicted octanol–water partition coefficient (Wildman–Crippen LogP) is 3.15. The highest BCUT2D eigenvalue weighted by molar-refractivity contribution is 5.84. The zero-order chi connectivity index (χ0) is 14.2. The van der Waals surface area contributed by atoms with E-state index in [0.717, 1.165) is 12.8 Å². The molecule has 0 radical (unpaired) electrons. The first kappa shape index (κ1) is 14.8. The van der Waals surface area contributed by atoms with Crippen molar-refractivity contribution in [1.29, 1.82) is 0 Å². The summed E-state index contributed by atoms with van der Waals surface area (Å²) in [6, 6.07) is 0.466. The van der Waals surface area contributed by atoms with Crippen molar-refractivity contribution in [3.05, 3.63) is 0 Å². The largest absolute Gasteiger partial charge is 0.322 e. The van der Waals surface area contributed by atoms with E-state index >= 15 is 0 Å². The number of carbonyl (C=O) groups excluding carboxylic acids is 1. The van der Waals surface area contributed by atoms with Gasteiger partial charge in [0, 0.05) is 6.04 Å². The lowest BCUT2D eigenvalue weighted by Gasteiger charge is -2.39. The molecule has 2 aliphatic rings. The highest BCUT2D eigenvalue weighted by Crippen LogP contribution is 2.42. The molecule has 0 aromatic heterocycles. The molecule has 19 heavy (non-hydrogen) atoms. The molecular formula is C16H30N2O. The van der Waals surface area contributed by atoms with E-state index in [9.17, 15) is 4.79 Å². The lowest BCUT2D eigenvalue weighted by molar-refractivity contribution is -0.134. The van der Waals surface area contributed by atoms with Gasteiger partial charge >= 0.3 is 0 Å². The van der Waals surface area contributed by atoms with E-state index in [0.29, 0.717) is 17.9 Å². The fourth-order valence-electron chi connectivity index (χ4n) is 3.83. The van der Waals surface area contributed by atoms with Gasteiger partial charge in [-0.2, -0.15) is 0 Å². The molecule has 0 aromatic carbocycles. The summed E-state index contributed by atoms with van der Waals surface area (Å²) >= 11 is 0. The molecule has 3 unspecified atom stereocenters. The maximum atomic E-state index is 12.7. The smallest absolute Gasteiger partial charge is 0.241 e. The molecular weight excluding hydrogens is 236 g/mol. The minimum Gasteiger partial charge on any atom is -0.322 e. The second kappa shape index (κ2) is 5.43. The van der Waals surface area contributed by atoms with E-state index in [2.05, 4.69) is 44.8 Å². The van der Waals surface area contributed by atoms with Crippen molar-refractivity contribution in [2.75, 3.05) is 0 Å². The van der Waals surface area contributed by atoms with Crippen LogP contribution in [0.2, 0.25) is 0 Å². The number of hydrogen-bond acceptors (Lipinski definition) is 2. The molecule has 3 heteroatoms. The molecule has 0 spiro atoms. The van der Waals surface area contributed by atoms with Crippen LogP contribution in [0.1, 0.15) is 66.7 Å². The van der Waals surface area contributed by atoms with E-state index in [1.54, 1.807) is 0 Å². The summed E-state index contributed by atoms with van der Waals surface area (Å²) in [5.74, 6) is 0.959. The average Bonchev–Trinajstić information content (AvgIpc) is 2.78. The Hall–Kier alpha value is -0.570. The van der Waals surface area contributed by atoms with Crippen LogP contribution in [0.15, 0.2) is 0 Å². The first-order valence-electron chi connectivity index (χ1n) is 7.95. The van der Waals surface area contributed by atoms with Gasteiger partial charge in [-0.3, -0.25) is 10.1 Å². The van der Waals surface area contributed by atoms with Gasteiger partial charge in [0.1, 0.15) is 0 Å². The molecule has 1 heterocycles. The third kappa shape index (κ3) is 2.81. The number of amides is 1. The summed E-state index contributed by atoms with van der Waals surface area (Å²) in [4.78, 5) is 14.9. The second-order valence-electron chi connectivity index (χ2n) is 7.41. The minimum absolute atomic E-state index is 0.0418. The van der Waals surface area contributed by atoms with Gasteiger partial charge in [-0.15, -0.1) is 0 Å². The van der Waals surface area contributed by atoms with Crippen molar-refractivity contribution >= 4 is 5.91 Å². The molecule has 3 nitrogen and oxygen atoms in total. The van der Waals surface area contributed by atoms with Crippen molar-refractivity contribution < 1.29 is 4.79 Å². The van der Waals surface area contributed by atoms with Gasteiger partial charge in [-0.25, -0.2) is 0 Å². The van der Waals surface area contributed by atoms with Crippen LogP contribution in [0.25, 0.3) is 0 Å². The first-order valence-corrected chi connectivity index (χ1v) is 7.95. The Bertz CT molecular complexity index is 338. The van der Waals surface area contributed by atoms with Crippen LogP contribution in [-0.4, -0.2) is 29.1 Å². The van der Waals surface area contributed by atoms with Crippen LogP contribution in [0.5, 0.6) is 0 Å². The Labute approximate surface area is 118 Å².